The van der Waals surface area contributed by atoms with Crippen LogP contribution in [0.5, 0.6) is 0 Å². The van der Waals surface area contributed by atoms with E-state index in [2.05, 4.69) is 9.62 Å². The number of nitrogens with one attached hydrogen (secondary N) is 1. The molecule has 1 aliphatic carbocycles. The summed E-state index contributed by atoms with van der Waals surface area (Å²) in [6, 6.07) is 7.86. The molecular formula is C16H23ClN2O2S. The Bertz CT molecular complexity index is 593. The highest BCUT2D eigenvalue weighted by Gasteiger charge is 2.36. The maximum Gasteiger partial charge on any atom is 0.214 e. The SMILES string of the molecule is O=S(=O)(NC[C@H](c1ccc(Cl)cc1)N1CCCCC1)C1CC1. The second-order valence-electron chi connectivity index (χ2n) is 6.26. The molecule has 1 aliphatic heterocycles. The van der Waals surface area contributed by atoms with Crippen LogP contribution in [0.1, 0.15) is 43.7 Å². The molecule has 0 radical (unpaired) electrons. The molecule has 3 rings (SSSR count). The van der Waals surface area contributed by atoms with Crippen LogP contribution in [0.2, 0.25) is 5.02 Å². The third-order valence-electron chi connectivity index (χ3n) is 4.53. The number of sulfonamides is 1. The van der Waals surface area contributed by atoms with Gasteiger partial charge in [-0.2, -0.15) is 0 Å². The van der Waals surface area contributed by atoms with E-state index in [-0.39, 0.29) is 11.3 Å². The molecule has 0 aromatic heterocycles. The van der Waals surface area contributed by atoms with Gasteiger partial charge in [-0.3, -0.25) is 4.90 Å². The lowest BCUT2D eigenvalue weighted by molar-refractivity contribution is 0.164. The number of benzene rings is 1. The van der Waals surface area contributed by atoms with Gasteiger partial charge >= 0.3 is 0 Å². The average Bonchev–Trinajstić information content (AvgIpc) is 3.35. The Morgan fingerprint density at radius 2 is 1.77 bits per heavy atom. The lowest BCUT2D eigenvalue weighted by Gasteiger charge is -2.35. The highest BCUT2D eigenvalue weighted by atomic mass is 35.5. The van der Waals surface area contributed by atoms with Gasteiger partial charge in [-0.25, -0.2) is 13.1 Å². The second kappa shape index (κ2) is 6.87. The molecule has 2 aliphatic rings. The zero-order valence-corrected chi connectivity index (χ0v) is 14.2. The van der Waals surface area contributed by atoms with Crippen LogP contribution < -0.4 is 4.72 Å². The van der Waals surface area contributed by atoms with E-state index in [1.165, 1.54) is 19.3 Å². The number of halogens is 1. The van der Waals surface area contributed by atoms with Gasteiger partial charge in [-0.05, 0) is 56.5 Å². The first-order chi connectivity index (χ1) is 10.6. The van der Waals surface area contributed by atoms with Gasteiger partial charge in [0.15, 0.2) is 0 Å². The van der Waals surface area contributed by atoms with Crippen LogP contribution >= 0.6 is 11.6 Å². The van der Waals surface area contributed by atoms with Gasteiger partial charge in [0.05, 0.1) is 5.25 Å². The largest absolute Gasteiger partial charge is 0.295 e. The molecule has 1 N–H and O–H groups in total. The molecule has 22 heavy (non-hydrogen) atoms. The minimum Gasteiger partial charge on any atom is -0.295 e. The molecule has 1 saturated heterocycles. The fourth-order valence-electron chi connectivity index (χ4n) is 3.06. The fourth-order valence-corrected chi connectivity index (χ4v) is 4.57. The number of likely N-dealkylation sites (tertiary alicyclic amines) is 1. The number of rotatable bonds is 6. The van der Waals surface area contributed by atoms with E-state index in [1.54, 1.807) is 0 Å². The summed E-state index contributed by atoms with van der Waals surface area (Å²) in [6.45, 7) is 2.50. The minimum atomic E-state index is -3.14. The lowest BCUT2D eigenvalue weighted by atomic mass is 10.0. The Hall–Kier alpha value is -0.620. The lowest BCUT2D eigenvalue weighted by Crippen LogP contribution is -2.41. The van der Waals surface area contributed by atoms with Crippen molar-refractivity contribution in [1.29, 1.82) is 0 Å². The summed E-state index contributed by atoms with van der Waals surface area (Å²) in [7, 11) is -3.14. The molecule has 4 nitrogen and oxygen atoms in total. The summed E-state index contributed by atoms with van der Waals surface area (Å²) < 4.78 is 27.1. The highest BCUT2D eigenvalue weighted by Crippen LogP contribution is 2.29. The normalized spacial score (nSPS) is 21.7. The Morgan fingerprint density at radius 3 is 2.36 bits per heavy atom. The van der Waals surface area contributed by atoms with Gasteiger partial charge in [-0.1, -0.05) is 30.2 Å². The molecule has 0 bridgehead atoms. The maximum absolute atomic E-state index is 12.1. The van der Waals surface area contributed by atoms with E-state index >= 15 is 0 Å². The van der Waals surface area contributed by atoms with Crippen molar-refractivity contribution < 1.29 is 8.42 Å². The van der Waals surface area contributed by atoms with E-state index in [1.807, 2.05) is 24.3 Å². The van der Waals surface area contributed by atoms with Gasteiger partial charge in [0.2, 0.25) is 10.0 Å². The number of piperidine rings is 1. The summed E-state index contributed by atoms with van der Waals surface area (Å²) in [5, 5.41) is 0.541. The van der Waals surface area contributed by atoms with E-state index in [0.717, 1.165) is 31.5 Å². The topological polar surface area (TPSA) is 49.4 Å². The average molecular weight is 343 g/mol. The Morgan fingerprint density at radius 1 is 1.14 bits per heavy atom. The van der Waals surface area contributed by atoms with Crippen molar-refractivity contribution >= 4 is 21.6 Å². The van der Waals surface area contributed by atoms with Gasteiger partial charge in [0, 0.05) is 17.6 Å². The van der Waals surface area contributed by atoms with Crippen LogP contribution in [-0.4, -0.2) is 38.2 Å². The van der Waals surface area contributed by atoms with Crippen molar-refractivity contribution in [3.05, 3.63) is 34.9 Å². The Kier molecular flexibility index (Phi) is 5.07. The molecule has 122 valence electrons. The fraction of sp³-hybridized carbons (Fsp3) is 0.625. The smallest absolute Gasteiger partial charge is 0.214 e. The molecule has 1 saturated carbocycles. The first kappa shape index (κ1) is 16.2. The summed E-state index contributed by atoms with van der Waals surface area (Å²) in [4.78, 5) is 2.39. The van der Waals surface area contributed by atoms with E-state index in [9.17, 15) is 8.42 Å². The van der Waals surface area contributed by atoms with Crippen LogP contribution in [0, 0.1) is 0 Å². The zero-order chi connectivity index (χ0) is 15.6. The van der Waals surface area contributed by atoms with Crippen molar-refractivity contribution in [1.82, 2.24) is 9.62 Å². The highest BCUT2D eigenvalue weighted by molar-refractivity contribution is 7.90. The Balaban J connectivity index is 1.74. The molecule has 1 aromatic rings. The van der Waals surface area contributed by atoms with Crippen molar-refractivity contribution in [3.63, 3.8) is 0 Å². The van der Waals surface area contributed by atoms with Gasteiger partial charge < -0.3 is 0 Å². The molecule has 0 amide bonds. The van der Waals surface area contributed by atoms with E-state index < -0.39 is 10.0 Å². The third-order valence-corrected chi connectivity index (χ3v) is 6.70. The summed E-state index contributed by atoms with van der Waals surface area (Å²) in [5.74, 6) is 0. The van der Waals surface area contributed by atoms with Crippen LogP contribution in [0.4, 0.5) is 0 Å². The quantitative estimate of drug-likeness (QED) is 0.864. The molecule has 0 unspecified atom stereocenters. The molecule has 6 heteroatoms. The van der Waals surface area contributed by atoms with Gasteiger partial charge in [0.1, 0.15) is 0 Å². The van der Waals surface area contributed by atoms with Crippen molar-refractivity contribution in [2.75, 3.05) is 19.6 Å². The minimum absolute atomic E-state index is 0.0890. The van der Waals surface area contributed by atoms with E-state index in [4.69, 9.17) is 11.6 Å². The third kappa shape index (κ3) is 4.02. The molecule has 0 spiro atoms. The van der Waals surface area contributed by atoms with E-state index in [0.29, 0.717) is 11.6 Å². The van der Waals surface area contributed by atoms with Crippen molar-refractivity contribution in [2.24, 2.45) is 0 Å². The molecule has 1 atom stereocenters. The van der Waals surface area contributed by atoms with Gasteiger partial charge in [0.25, 0.3) is 0 Å². The van der Waals surface area contributed by atoms with Crippen LogP contribution in [0.25, 0.3) is 0 Å². The predicted molar refractivity (Wildman–Crippen MR) is 89.6 cm³/mol. The summed E-state index contributed by atoms with van der Waals surface area (Å²) in [5.41, 5.74) is 1.13. The first-order valence-electron chi connectivity index (χ1n) is 8.04. The van der Waals surface area contributed by atoms with Crippen LogP contribution in [-0.2, 0) is 10.0 Å². The van der Waals surface area contributed by atoms with Crippen molar-refractivity contribution in [2.45, 2.75) is 43.4 Å². The Labute approximate surface area is 137 Å². The van der Waals surface area contributed by atoms with Crippen LogP contribution in [0.3, 0.4) is 0 Å². The first-order valence-corrected chi connectivity index (χ1v) is 9.97. The molecule has 1 aromatic carbocycles. The molecular weight excluding hydrogens is 320 g/mol. The van der Waals surface area contributed by atoms with Crippen molar-refractivity contribution in [3.8, 4) is 0 Å². The standard InChI is InChI=1S/C16H23ClN2O2S/c17-14-6-4-13(5-7-14)16(19-10-2-1-3-11-19)12-18-22(20,21)15-8-9-15/h4-7,15-16,18H,1-3,8-12H2/t16-/m1/s1. The second-order valence-corrected chi connectivity index (χ2v) is 8.74. The molecule has 1 heterocycles. The number of hydrogen-bond acceptors (Lipinski definition) is 3. The summed E-state index contributed by atoms with van der Waals surface area (Å²) >= 11 is 5.98. The number of hydrogen-bond donors (Lipinski definition) is 1. The van der Waals surface area contributed by atoms with Gasteiger partial charge in [-0.15, -0.1) is 0 Å². The predicted octanol–water partition coefficient (Wildman–Crippen LogP) is 2.95. The number of nitrogens with zero attached hydrogens (tertiary/aromatic N) is 1. The monoisotopic (exact) mass is 342 g/mol. The zero-order valence-electron chi connectivity index (χ0n) is 12.7. The molecule has 2 fully saturated rings. The summed E-state index contributed by atoms with van der Waals surface area (Å²) in [6.07, 6.45) is 5.21. The maximum atomic E-state index is 12.1. The van der Waals surface area contributed by atoms with Crippen LogP contribution in [0.15, 0.2) is 24.3 Å².